The molecule has 0 aromatic heterocycles. The Labute approximate surface area is 684 Å². The Morgan fingerprint density at radius 3 is 0.935 bits per heavy atom. The zero-order valence-corrected chi connectivity index (χ0v) is 77.3. The lowest BCUT2D eigenvalue weighted by atomic mass is 9.59. The van der Waals surface area contributed by atoms with Crippen molar-refractivity contribution in [1.82, 2.24) is 10.6 Å². The summed E-state index contributed by atoms with van der Waals surface area (Å²) in [5.74, 6) is 11.8. The normalized spacial score (nSPS) is 24.3. The Kier molecular flexibility index (Phi) is 93.1. The SMILES string of the molecule is C.C.C.C.CC(C)C.CC1CC(C)C1.CC1CC2(CNC2)C1.CC1CCC(C)(C(=O)O)CC1.CC1CCC(C)CC1.CC1CCC1.CC1CCCCC1.CC1CCCCC1.CCC(C)(C)O.CCC(C)=O.CCC(C)C.CCC(O)CC.CCC1(CC)CC1.CCCP(C)(=O)O.CC[C@@H](C)CO.C[C@H]1CCNC1. The molecule has 0 radical (unpaired) electrons. The van der Waals surface area contributed by atoms with E-state index in [2.05, 4.69) is 142 Å². The maximum absolute atomic E-state index is 10.8. The van der Waals surface area contributed by atoms with Crippen LogP contribution in [0.2, 0.25) is 0 Å². The molecule has 8 saturated carbocycles. The molecule has 7 N–H and O–H groups in total. The molecular formula is C97H213N2O8P. The number of carbonyl (C=O) groups is 2. The van der Waals surface area contributed by atoms with Crippen molar-refractivity contribution in [2.75, 3.05) is 45.6 Å². The molecule has 2 aliphatic heterocycles. The van der Waals surface area contributed by atoms with Gasteiger partial charge in [0.05, 0.1) is 17.1 Å². The van der Waals surface area contributed by atoms with E-state index in [0.29, 0.717) is 25.1 Å². The lowest BCUT2D eigenvalue weighted by Crippen LogP contribution is -2.59. The van der Waals surface area contributed by atoms with Gasteiger partial charge < -0.3 is 40.7 Å². The van der Waals surface area contributed by atoms with E-state index in [1.54, 1.807) is 20.8 Å². The highest BCUT2D eigenvalue weighted by Crippen LogP contribution is 2.51. The predicted octanol–water partition coefficient (Wildman–Crippen LogP) is 30.3. The number of ketones is 1. The van der Waals surface area contributed by atoms with Gasteiger partial charge in [-0.05, 0) is 225 Å². The van der Waals surface area contributed by atoms with Gasteiger partial charge in [-0.3, -0.25) is 9.36 Å². The second kappa shape index (κ2) is 78.6. The van der Waals surface area contributed by atoms with Gasteiger partial charge in [-0.1, -0.05) is 338 Å². The molecule has 2 heterocycles. The van der Waals surface area contributed by atoms with Gasteiger partial charge in [0.15, 0.2) is 7.37 Å². The number of nitrogens with one attached hydrogen (secondary N) is 2. The average Bonchev–Trinajstić information content (AvgIpc) is 1.22. The topological polar surface area (TPSA) is 176 Å². The summed E-state index contributed by atoms with van der Waals surface area (Å²) in [5, 5.41) is 41.3. The minimum Gasteiger partial charge on any atom is -0.481 e. The van der Waals surface area contributed by atoms with Gasteiger partial charge in [0.2, 0.25) is 0 Å². The number of aliphatic hydroxyl groups excluding tert-OH is 2. The van der Waals surface area contributed by atoms with Crippen molar-refractivity contribution in [1.29, 1.82) is 0 Å². The van der Waals surface area contributed by atoms with Gasteiger partial charge in [-0.2, -0.15) is 0 Å². The number of carboxylic acids is 1. The molecular weight excluding hydrogens is 1350 g/mol. The first kappa shape index (κ1) is 128. The van der Waals surface area contributed by atoms with E-state index in [1.165, 1.54) is 206 Å². The zero-order valence-electron chi connectivity index (χ0n) is 76.4. The van der Waals surface area contributed by atoms with Gasteiger partial charge in [0, 0.05) is 38.9 Å². The first-order valence-corrected chi connectivity index (χ1v) is 47.1. The maximum Gasteiger partial charge on any atom is 0.309 e. The molecule has 0 aromatic carbocycles. The highest BCUT2D eigenvalue weighted by atomic mass is 31.2. The summed E-state index contributed by atoms with van der Waals surface area (Å²) < 4.78 is 10.4. The van der Waals surface area contributed by atoms with Gasteiger partial charge >= 0.3 is 5.97 Å². The predicted molar refractivity (Wildman–Crippen MR) is 492 cm³/mol. The highest BCUT2D eigenvalue weighted by molar-refractivity contribution is 7.57. The number of Topliss-reactive ketones (excluding diaryl/α,β-unsaturated/α-hetero) is 1. The van der Waals surface area contributed by atoms with E-state index >= 15 is 0 Å². The van der Waals surface area contributed by atoms with Crippen LogP contribution in [0.25, 0.3) is 0 Å². The van der Waals surface area contributed by atoms with E-state index in [-0.39, 0.29) is 41.6 Å². The summed E-state index contributed by atoms with van der Waals surface area (Å²) in [6.45, 7) is 68.6. The zero-order chi connectivity index (χ0) is 81.6. The van der Waals surface area contributed by atoms with Crippen molar-refractivity contribution >= 4 is 19.1 Å². The van der Waals surface area contributed by atoms with E-state index in [4.69, 9.17) is 25.3 Å². The molecule has 10 aliphatic rings. The molecule has 2 saturated heterocycles. The Morgan fingerprint density at radius 2 is 0.843 bits per heavy atom. The number of hydrogen-bond acceptors (Lipinski definition) is 8. The number of carbonyl (C=O) groups excluding carboxylic acids is 1. The van der Waals surface area contributed by atoms with Crippen molar-refractivity contribution < 1.29 is 39.5 Å². The number of rotatable bonds is 12. The number of aliphatic carboxylic acids is 1. The van der Waals surface area contributed by atoms with Gasteiger partial charge in [-0.25, -0.2) is 0 Å². The van der Waals surface area contributed by atoms with Crippen LogP contribution >= 0.6 is 7.37 Å². The van der Waals surface area contributed by atoms with Crippen molar-refractivity contribution in [2.45, 2.75) is 480 Å². The molecule has 3 atom stereocenters. The molecule has 11 heteroatoms. The molecule has 8 aliphatic carbocycles. The van der Waals surface area contributed by atoms with Gasteiger partial charge in [0.25, 0.3) is 0 Å². The van der Waals surface area contributed by atoms with E-state index in [1.807, 2.05) is 48.5 Å². The molecule has 10 fully saturated rings. The van der Waals surface area contributed by atoms with E-state index < -0.39 is 24.4 Å². The quantitative estimate of drug-likeness (QED) is 0.0931. The average molecular weight is 1570 g/mol. The Morgan fingerprint density at radius 1 is 0.509 bits per heavy atom. The molecule has 1 spiro atoms. The third-order valence-electron chi connectivity index (χ3n) is 23.1. The first-order valence-electron chi connectivity index (χ1n) is 44.8. The van der Waals surface area contributed by atoms with Gasteiger partial charge in [0.1, 0.15) is 5.78 Å². The van der Waals surface area contributed by atoms with Crippen LogP contribution in [0, 0.1) is 93.2 Å². The van der Waals surface area contributed by atoms with Crippen LogP contribution in [-0.4, -0.2) is 94.4 Å². The Balaban J connectivity index is -0.000000119. The largest absolute Gasteiger partial charge is 0.481 e. The molecule has 0 aromatic rings. The summed E-state index contributed by atoms with van der Waals surface area (Å²) in [6, 6.07) is 0. The number of aliphatic hydroxyl groups is 3. The smallest absolute Gasteiger partial charge is 0.309 e. The summed E-state index contributed by atoms with van der Waals surface area (Å²) in [7, 11) is -2.67. The summed E-state index contributed by atoms with van der Waals surface area (Å²) in [4.78, 5) is 29.2. The summed E-state index contributed by atoms with van der Waals surface area (Å²) >= 11 is 0. The lowest BCUT2D eigenvalue weighted by molar-refractivity contribution is -0.150. The minimum absolute atomic E-state index is 0. The third kappa shape index (κ3) is 90.7. The second-order valence-corrected chi connectivity index (χ2v) is 40.3. The Bertz CT molecular complexity index is 1780. The fourth-order valence-corrected chi connectivity index (χ4v) is 13.4. The van der Waals surface area contributed by atoms with Crippen LogP contribution in [0.5, 0.6) is 0 Å². The van der Waals surface area contributed by atoms with Crippen LogP contribution in [-0.2, 0) is 14.2 Å². The second-order valence-electron chi connectivity index (χ2n) is 37.7. The van der Waals surface area contributed by atoms with Crippen LogP contribution in [0.15, 0.2) is 0 Å². The molecule has 1 unspecified atom stereocenters. The van der Waals surface area contributed by atoms with Crippen molar-refractivity contribution in [3.63, 3.8) is 0 Å². The minimum atomic E-state index is -2.67. The number of hydrogen-bond donors (Lipinski definition) is 7. The fraction of sp³-hybridized carbons (Fsp3) is 0.979. The molecule has 664 valence electrons. The highest BCUT2D eigenvalue weighted by Gasteiger charge is 2.46. The van der Waals surface area contributed by atoms with Gasteiger partial charge in [-0.15, -0.1) is 0 Å². The first-order chi connectivity index (χ1) is 48.3. The third-order valence-corrected chi connectivity index (χ3v) is 24.4. The monoisotopic (exact) mass is 1570 g/mol. The van der Waals surface area contributed by atoms with Crippen LogP contribution in [0.3, 0.4) is 0 Å². The molecule has 10 rings (SSSR count). The van der Waals surface area contributed by atoms with Crippen LogP contribution < -0.4 is 10.6 Å². The molecule has 0 bridgehead atoms. The fourth-order valence-electron chi connectivity index (χ4n) is 12.5. The standard InChI is InChI=1S/C9H16O2.C8H16.C7H13N.3C7H14.C6H12.C5H11N.3C5H12O.C5H10.C5H12.C4H11O2P.C4H8O.C4H10.4CH4/c1-7-3-5-9(2,6-4-7)8(10)11;1-7-3-5-8(2)6-4-7;1-6-2-7(3-6)4-8-5-7;2*1-7-5-3-2-4-6-7;1-3-7(4-2)5-6-7;1-5-3-6(2)4-5;1-5-2-3-6-4-5;1-4-5(2,3)6;1-3-5(2)4-6;1-3-5(6)4-2;1-5-3-2-4-5;1-4-5(2)3;1-3-4-7(2,5)6;1-3-4(2)5;1-4(2)3;;;;/h7H,3-6H2,1-2H3,(H,10,11);7-8H,3-6H2,1-2H3;6,8H,2-5H2,1H3;2*7H,2-6H2,1H3;3-6H2,1-2H3;5-6H,3-4H2,1-2H3;5-6H,2-4H2,1H3;6H,4H2,1-3H3;2*5-6H,3-4H2,1-2H3;5H,2-4H2,1H3;5H,4H2,1-3H3;3-4H2,1-2H3,(H,5,6);3H2,1-2H3;4H,1-3H3;4*1H4/t;;;;;;;5-;;5-;;;;;;;;;;/m.......0.1........../s1. The summed E-state index contributed by atoms with van der Waals surface area (Å²) in [6.07, 6.45) is 49.0. The van der Waals surface area contributed by atoms with Crippen molar-refractivity contribution in [2.24, 2.45) is 93.2 Å². The molecule has 0 amide bonds. The summed E-state index contributed by atoms with van der Waals surface area (Å²) in [5.41, 5.74) is 0.756. The molecule has 108 heavy (non-hydrogen) atoms. The van der Waals surface area contributed by atoms with Crippen LogP contribution in [0.4, 0.5) is 0 Å². The lowest BCUT2D eigenvalue weighted by Gasteiger charge is -2.53. The maximum atomic E-state index is 10.8. The Hall–Kier alpha value is -0.870. The van der Waals surface area contributed by atoms with Crippen molar-refractivity contribution in [3.8, 4) is 0 Å². The van der Waals surface area contributed by atoms with Crippen LogP contribution in [0.1, 0.15) is 468 Å². The molecule has 10 nitrogen and oxygen atoms in total. The number of carboxylic acid groups (broad SMARTS) is 1. The van der Waals surface area contributed by atoms with Crippen molar-refractivity contribution in [3.05, 3.63) is 0 Å². The van der Waals surface area contributed by atoms with E-state index in [9.17, 15) is 14.2 Å². The van der Waals surface area contributed by atoms with E-state index in [0.717, 1.165) is 140 Å².